The van der Waals surface area contributed by atoms with Crippen LogP contribution in [-0.2, 0) is 10.4 Å². The third-order valence-electron chi connectivity index (χ3n) is 2.78. The average Bonchev–Trinajstić information content (AvgIpc) is 2.15. The molecule has 0 radical (unpaired) electrons. The molecule has 1 aromatic rings. The molecule has 2 N–H and O–H groups in total. The third-order valence-corrected chi connectivity index (χ3v) is 2.78. The lowest BCUT2D eigenvalue weighted by Crippen LogP contribution is -2.30. The first-order valence-corrected chi connectivity index (χ1v) is 5.85. The van der Waals surface area contributed by atoms with Gasteiger partial charge in [0.25, 0.3) is 0 Å². The second-order valence-electron chi connectivity index (χ2n) is 5.07. The van der Waals surface area contributed by atoms with Crippen LogP contribution in [-0.4, -0.2) is 16.2 Å². The van der Waals surface area contributed by atoms with Crippen LogP contribution in [0.1, 0.15) is 37.8 Å². The number of carbonyl (C=O) groups is 1. The number of rotatable bonds is 5. The number of carboxylic acids is 1. The van der Waals surface area contributed by atoms with Gasteiger partial charge < -0.3 is 10.2 Å². The summed E-state index contributed by atoms with van der Waals surface area (Å²) in [5, 5.41) is 19.5. The fraction of sp³-hybridized carbons (Fsp3) is 0.500. The van der Waals surface area contributed by atoms with E-state index in [2.05, 4.69) is 0 Å². The maximum absolute atomic E-state index is 10.9. The zero-order chi connectivity index (χ0) is 13.1. The minimum atomic E-state index is -1.27. The summed E-state index contributed by atoms with van der Waals surface area (Å²) in [6.45, 7) is 5.91. The average molecular weight is 236 g/mol. The normalized spacial score (nSPS) is 14.6. The molecule has 0 spiro atoms. The van der Waals surface area contributed by atoms with Crippen LogP contribution in [0.2, 0.25) is 0 Å². The molecular weight excluding hydrogens is 216 g/mol. The Hall–Kier alpha value is -1.35. The summed E-state index contributed by atoms with van der Waals surface area (Å²) in [4.78, 5) is 10.9. The molecule has 0 fully saturated rings. The molecule has 0 aromatic heterocycles. The van der Waals surface area contributed by atoms with Crippen LogP contribution in [0.5, 0.6) is 0 Å². The van der Waals surface area contributed by atoms with Crippen LogP contribution < -0.4 is 0 Å². The minimum Gasteiger partial charge on any atom is -0.481 e. The highest BCUT2D eigenvalue weighted by Gasteiger charge is 2.32. The van der Waals surface area contributed by atoms with Gasteiger partial charge in [0.1, 0.15) is 5.60 Å². The van der Waals surface area contributed by atoms with E-state index in [-0.39, 0.29) is 12.3 Å². The monoisotopic (exact) mass is 236 g/mol. The van der Waals surface area contributed by atoms with Gasteiger partial charge in [-0.1, -0.05) is 43.7 Å². The van der Waals surface area contributed by atoms with E-state index < -0.39 is 11.6 Å². The van der Waals surface area contributed by atoms with Gasteiger partial charge >= 0.3 is 5.97 Å². The zero-order valence-electron chi connectivity index (χ0n) is 10.6. The number of hydrogen-bond acceptors (Lipinski definition) is 2. The number of carboxylic acid groups (broad SMARTS) is 1. The summed E-state index contributed by atoms with van der Waals surface area (Å²) in [7, 11) is 0. The van der Waals surface area contributed by atoms with Crippen molar-refractivity contribution in [1.82, 2.24) is 0 Å². The molecule has 17 heavy (non-hydrogen) atoms. The smallest absolute Gasteiger partial charge is 0.306 e. The highest BCUT2D eigenvalue weighted by Crippen LogP contribution is 2.32. The number of aliphatic carboxylic acids is 1. The first-order chi connectivity index (χ1) is 7.83. The maximum Gasteiger partial charge on any atom is 0.306 e. The fourth-order valence-corrected chi connectivity index (χ4v) is 2.08. The Morgan fingerprint density at radius 2 is 1.82 bits per heavy atom. The van der Waals surface area contributed by atoms with E-state index in [9.17, 15) is 9.90 Å². The van der Waals surface area contributed by atoms with E-state index in [4.69, 9.17) is 5.11 Å². The largest absolute Gasteiger partial charge is 0.481 e. The van der Waals surface area contributed by atoms with Gasteiger partial charge in [-0.05, 0) is 24.8 Å². The summed E-state index contributed by atoms with van der Waals surface area (Å²) in [5.74, 6) is -0.741. The first-order valence-electron chi connectivity index (χ1n) is 5.85. The first kappa shape index (κ1) is 13.7. The molecule has 1 unspecified atom stereocenters. The van der Waals surface area contributed by atoms with Crippen molar-refractivity contribution in [2.45, 2.75) is 39.2 Å². The van der Waals surface area contributed by atoms with Gasteiger partial charge in [-0.3, -0.25) is 4.79 Å². The summed E-state index contributed by atoms with van der Waals surface area (Å²) in [5.41, 5.74) is 0.503. The highest BCUT2D eigenvalue weighted by molar-refractivity contribution is 5.68. The molecule has 3 heteroatoms. The van der Waals surface area contributed by atoms with Gasteiger partial charge in [-0.25, -0.2) is 0 Å². The topological polar surface area (TPSA) is 57.5 Å². The van der Waals surface area contributed by atoms with Crippen molar-refractivity contribution < 1.29 is 15.0 Å². The Kier molecular flexibility index (Phi) is 4.29. The molecule has 0 saturated heterocycles. The highest BCUT2D eigenvalue weighted by atomic mass is 16.4. The molecule has 0 bridgehead atoms. The van der Waals surface area contributed by atoms with Crippen molar-refractivity contribution in [2.24, 2.45) is 5.92 Å². The number of hydrogen-bond donors (Lipinski definition) is 2. The van der Waals surface area contributed by atoms with Gasteiger partial charge in [0.2, 0.25) is 0 Å². The number of aryl methyl sites for hydroxylation is 1. The lowest BCUT2D eigenvalue weighted by Gasteiger charge is -2.29. The molecular formula is C14H20O3. The standard InChI is InChI=1S/C14H20O3/c1-10(2)8-14(17,9-13(15)16)12-6-4-11(3)5-7-12/h4-7,10,17H,8-9H2,1-3H3,(H,15,16). The summed E-state index contributed by atoms with van der Waals surface area (Å²) >= 11 is 0. The Labute approximate surface area is 102 Å². The Balaban J connectivity index is 3.04. The van der Waals surface area contributed by atoms with Crippen LogP contribution in [0, 0.1) is 12.8 Å². The van der Waals surface area contributed by atoms with Crippen molar-refractivity contribution in [3.63, 3.8) is 0 Å². The van der Waals surface area contributed by atoms with Crippen LogP contribution in [0.25, 0.3) is 0 Å². The fourth-order valence-electron chi connectivity index (χ4n) is 2.08. The maximum atomic E-state index is 10.9. The molecule has 0 aliphatic rings. The quantitative estimate of drug-likeness (QED) is 0.826. The van der Waals surface area contributed by atoms with E-state index >= 15 is 0 Å². The molecule has 0 saturated carbocycles. The number of benzene rings is 1. The molecule has 94 valence electrons. The zero-order valence-corrected chi connectivity index (χ0v) is 10.6. The van der Waals surface area contributed by atoms with Crippen LogP contribution in [0.3, 0.4) is 0 Å². The summed E-state index contributed by atoms with van der Waals surface area (Å²) in [6.07, 6.45) is 0.191. The molecule has 1 atom stereocenters. The van der Waals surface area contributed by atoms with E-state index in [0.29, 0.717) is 12.0 Å². The van der Waals surface area contributed by atoms with Crippen LogP contribution in [0.15, 0.2) is 24.3 Å². The van der Waals surface area contributed by atoms with Crippen molar-refractivity contribution >= 4 is 5.97 Å². The Morgan fingerprint density at radius 3 is 2.24 bits per heavy atom. The predicted molar refractivity (Wildman–Crippen MR) is 66.8 cm³/mol. The summed E-state index contributed by atoms with van der Waals surface area (Å²) in [6, 6.07) is 7.40. The van der Waals surface area contributed by atoms with Crippen LogP contribution >= 0.6 is 0 Å². The molecule has 0 aliphatic carbocycles. The lowest BCUT2D eigenvalue weighted by molar-refractivity contribution is -0.143. The van der Waals surface area contributed by atoms with Gasteiger partial charge in [0.05, 0.1) is 6.42 Å². The van der Waals surface area contributed by atoms with E-state index in [1.807, 2.05) is 32.9 Å². The van der Waals surface area contributed by atoms with Gasteiger partial charge in [0, 0.05) is 0 Å². The molecule has 0 aliphatic heterocycles. The van der Waals surface area contributed by atoms with Crippen molar-refractivity contribution in [3.05, 3.63) is 35.4 Å². The van der Waals surface area contributed by atoms with Gasteiger partial charge in [0.15, 0.2) is 0 Å². The van der Waals surface area contributed by atoms with Gasteiger partial charge in [-0.2, -0.15) is 0 Å². The third kappa shape index (κ3) is 3.86. The molecule has 3 nitrogen and oxygen atoms in total. The Bertz CT molecular complexity index is 381. The van der Waals surface area contributed by atoms with E-state index in [1.54, 1.807) is 12.1 Å². The van der Waals surface area contributed by atoms with E-state index in [0.717, 1.165) is 5.56 Å². The second kappa shape index (κ2) is 5.32. The van der Waals surface area contributed by atoms with Crippen LogP contribution in [0.4, 0.5) is 0 Å². The van der Waals surface area contributed by atoms with Crippen molar-refractivity contribution in [2.75, 3.05) is 0 Å². The minimum absolute atomic E-state index is 0.237. The van der Waals surface area contributed by atoms with Gasteiger partial charge in [-0.15, -0.1) is 0 Å². The van der Waals surface area contributed by atoms with Crippen molar-refractivity contribution in [1.29, 1.82) is 0 Å². The Morgan fingerprint density at radius 1 is 1.29 bits per heavy atom. The van der Waals surface area contributed by atoms with E-state index in [1.165, 1.54) is 0 Å². The van der Waals surface area contributed by atoms with Crippen molar-refractivity contribution in [3.8, 4) is 0 Å². The summed E-state index contributed by atoms with van der Waals surface area (Å²) < 4.78 is 0. The lowest BCUT2D eigenvalue weighted by atomic mass is 9.83. The number of aliphatic hydroxyl groups is 1. The molecule has 1 rings (SSSR count). The molecule has 0 heterocycles. The SMILES string of the molecule is Cc1ccc(C(O)(CC(=O)O)CC(C)C)cc1. The molecule has 0 amide bonds. The second-order valence-corrected chi connectivity index (χ2v) is 5.07. The molecule has 1 aromatic carbocycles. The predicted octanol–water partition coefficient (Wildman–Crippen LogP) is 2.70.